The number of amides is 1. The minimum absolute atomic E-state index is 0.0880. The number of rotatable bonds is 5. The molecule has 1 saturated carbocycles. The highest BCUT2D eigenvalue weighted by Gasteiger charge is 2.24. The molecule has 116 valence electrons. The van der Waals surface area contributed by atoms with Crippen LogP contribution in [0.1, 0.15) is 31.2 Å². The maximum atomic E-state index is 13.5. The van der Waals surface area contributed by atoms with E-state index < -0.39 is 11.6 Å². The number of nitrogens with one attached hydrogen (secondary N) is 1. The Hall–Kier alpha value is -1.16. The molecule has 0 saturated heterocycles. The van der Waals surface area contributed by atoms with Gasteiger partial charge >= 0.3 is 0 Å². The Balaban J connectivity index is 1.85. The standard InChI is InChI=1S/C16H20ClF2NO/c17-9-12-4-1-2-5-13(12)10-20-15(21)8-11-6-3-7-14(18)16(11)19/h3,6-7,12-13H,1-2,4-5,8-10H2,(H,20,21). The maximum Gasteiger partial charge on any atom is 0.224 e. The smallest absolute Gasteiger partial charge is 0.224 e. The Labute approximate surface area is 128 Å². The van der Waals surface area contributed by atoms with Gasteiger partial charge in [0.2, 0.25) is 5.91 Å². The van der Waals surface area contributed by atoms with E-state index in [2.05, 4.69) is 5.32 Å². The van der Waals surface area contributed by atoms with Crippen molar-refractivity contribution < 1.29 is 13.6 Å². The van der Waals surface area contributed by atoms with Gasteiger partial charge in [-0.1, -0.05) is 25.0 Å². The van der Waals surface area contributed by atoms with Crippen LogP contribution in [0.15, 0.2) is 18.2 Å². The summed E-state index contributed by atoms with van der Waals surface area (Å²) in [5.41, 5.74) is 0.0880. The first kappa shape index (κ1) is 16.2. The molecule has 0 aromatic heterocycles. The van der Waals surface area contributed by atoms with Crippen LogP contribution in [-0.2, 0) is 11.2 Å². The second-order valence-electron chi connectivity index (χ2n) is 5.65. The van der Waals surface area contributed by atoms with Crippen LogP contribution < -0.4 is 5.32 Å². The van der Waals surface area contributed by atoms with Crippen molar-refractivity contribution in [3.05, 3.63) is 35.4 Å². The van der Waals surface area contributed by atoms with Gasteiger partial charge in [0.05, 0.1) is 6.42 Å². The first-order valence-corrected chi connectivity index (χ1v) is 7.90. The molecule has 1 aromatic rings. The van der Waals surface area contributed by atoms with Crippen LogP contribution in [0, 0.1) is 23.5 Å². The fourth-order valence-corrected chi connectivity index (χ4v) is 3.33. The van der Waals surface area contributed by atoms with Gasteiger partial charge in [-0.3, -0.25) is 4.79 Å². The second-order valence-corrected chi connectivity index (χ2v) is 5.96. The van der Waals surface area contributed by atoms with Crippen LogP contribution >= 0.6 is 11.6 Å². The van der Waals surface area contributed by atoms with E-state index >= 15 is 0 Å². The molecule has 21 heavy (non-hydrogen) atoms. The largest absolute Gasteiger partial charge is 0.356 e. The number of carbonyl (C=O) groups excluding carboxylic acids is 1. The van der Waals surface area contributed by atoms with Crippen molar-refractivity contribution in [3.8, 4) is 0 Å². The van der Waals surface area contributed by atoms with E-state index in [1.807, 2.05) is 0 Å². The third kappa shape index (κ3) is 4.40. The van der Waals surface area contributed by atoms with Crippen LogP contribution in [0.4, 0.5) is 8.78 Å². The zero-order chi connectivity index (χ0) is 15.2. The average molecular weight is 316 g/mol. The number of hydrogen-bond acceptors (Lipinski definition) is 1. The summed E-state index contributed by atoms with van der Waals surface area (Å²) in [6, 6.07) is 3.88. The summed E-state index contributed by atoms with van der Waals surface area (Å²) >= 11 is 5.95. The molecule has 0 aliphatic heterocycles. The number of benzene rings is 1. The quantitative estimate of drug-likeness (QED) is 0.825. The molecule has 2 rings (SSSR count). The van der Waals surface area contributed by atoms with Crippen LogP contribution in [-0.4, -0.2) is 18.3 Å². The van der Waals surface area contributed by atoms with Crippen molar-refractivity contribution in [3.63, 3.8) is 0 Å². The van der Waals surface area contributed by atoms with Crippen molar-refractivity contribution in [2.24, 2.45) is 11.8 Å². The zero-order valence-electron chi connectivity index (χ0n) is 11.9. The lowest BCUT2D eigenvalue weighted by Gasteiger charge is -2.30. The zero-order valence-corrected chi connectivity index (χ0v) is 12.6. The molecule has 0 spiro atoms. The molecule has 1 fully saturated rings. The summed E-state index contributed by atoms with van der Waals surface area (Å²) in [7, 11) is 0. The summed E-state index contributed by atoms with van der Waals surface area (Å²) in [5.74, 6) is -0.708. The van der Waals surface area contributed by atoms with Gasteiger partial charge in [0.15, 0.2) is 11.6 Å². The number of halogens is 3. The molecule has 1 aliphatic rings. The maximum absolute atomic E-state index is 13.5. The fourth-order valence-electron chi connectivity index (χ4n) is 2.92. The van der Waals surface area contributed by atoms with E-state index in [0.29, 0.717) is 24.3 Å². The Morgan fingerprint density at radius 3 is 2.67 bits per heavy atom. The minimum Gasteiger partial charge on any atom is -0.356 e. The fraction of sp³-hybridized carbons (Fsp3) is 0.562. The second kappa shape index (κ2) is 7.74. The monoisotopic (exact) mass is 315 g/mol. The van der Waals surface area contributed by atoms with E-state index in [0.717, 1.165) is 25.3 Å². The lowest BCUT2D eigenvalue weighted by molar-refractivity contribution is -0.120. The Bertz CT molecular complexity index is 495. The molecule has 2 nitrogen and oxygen atoms in total. The molecule has 2 unspecified atom stereocenters. The average Bonchev–Trinajstić information content (AvgIpc) is 2.50. The van der Waals surface area contributed by atoms with Crippen molar-refractivity contribution in [2.45, 2.75) is 32.1 Å². The molecule has 0 radical (unpaired) electrons. The third-order valence-corrected chi connectivity index (χ3v) is 4.61. The highest BCUT2D eigenvalue weighted by atomic mass is 35.5. The highest BCUT2D eigenvalue weighted by molar-refractivity contribution is 6.18. The minimum atomic E-state index is -0.941. The van der Waals surface area contributed by atoms with Crippen LogP contribution in [0.25, 0.3) is 0 Å². The van der Waals surface area contributed by atoms with Gasteiger partial charge in [0, 0.05) is 18.0 Å². The number of alkyl halides is 1. The topological polar surface area (TPSA) is 29.1 Å². The number of carbonyl (C=O) groups is 1. The van der Waals surface area contributed by atoms with E-state index in [9.17, 15) is 13.6 Å². The molecular weight excluding hydrogens is 296 g/mol. The molecule has 1 aliphatic carbocycles. The molecule has 1 N–H and O–H groups in total. The van der Waals surface area contributed by atoms with Gasteiger partial charge in [0.1, 0.15) is 0 Å². The summed E-state index contributed by atoms with van der Waals surface area (Å²) in [4.78, 5) is 11.9. The first-order chi connectivity index (χ1) is 10.1. The van der Waals surface area contributed by atoms with Gasteiger partial charge in [-0.05, 0) is 30.7 Å². The summed E-state index contributed by atoms with van der Waals surface area (Å²) in [6.45, 7) is 0.563. The summed E-state index contributed by atoms with van der Waals surface area (Å²) < 4.78 is 26.6. The summed E-state index contributed by atoms with van der Waals surface area (Å²) in [6.07, 6.45) is 4.37. The first-order valence-electron chi connectivity index (χ1n) is 7.37. The predicted octanol–water partition coefficient (Wildman–Crippen LogP) is 3.67. The molecule has 1 aromatic carbocycles. The Kier molecular flexibility index (Phi) is 5.97. The van der Waals surface area contributed by atoms with Crippen LogP contribution in [0.5, 0.6) is 0 Å². The lowest BCUT2D eigenvalue weighted by Crippen LogP contribution is -2.35. The molecule has 0 heterocycles. The van der Waals surface area contributed by atoms with E-state index in [4.69, 9.17) is 11.6 Å². The predicted molar refractivity (Wildman–Crippen MR) is 79.2 cm³/mol. The van der Waals surface area contributed by atoms with Gasteiger partial charge < -0.3 is 5.32 Å². The van der Waals surface area contributed by atoms with E-state index in [1.54, 1.807) is 0 Å². The molecule has 5 heteroatoms. The molecular formula is C16H20ClF2NO. The van der Waals surface area contributed by atoms with Gasteiger partial charge in [-0.15, -0.1) is 11.6 Å². The molecule has 1 amide bonds. The van der Waals surface area contributed by atoms with E-state index in [-0.39, 0.29) is 17.9 Å². The third-order valence-electron chi connectivity index (χ3n) is 4.21. The number of hydrogen-bond donors (Lipinski definition) is 1. The SMILES string of the molecule is O=C(Cc1cccc(F)c1F)NCC1CCCCC1CCl. The molecule has 2 atom stereocenters. The van der Waals surface area contributed by atoms with Gasteiger partial charge in [-0.25, -0.2) is 8.78 Å². The Morgan fingerprint density at radius 2 is 1.95 bits per heavy atom. The van der Waals surface area contributed by atoms with E-state index in [1.165, 1.54) is 18.6 Å². The lowest BCUT2D eigenvalue weighted by atomic mass is 9.80. The normalized spacial score (nSPS) is 22.0. The summed E-state index contributed by atoms with van der Waals surface area (Å²) in [5, 5.41) is 2.83. The van der Waals surface area contributed by atoms with Crippen LogP contribution in [0.3, 0.4) is 0 Å². The van der Waals surface area contributed by atoms with Gasteiger partial charge in [0.25, 0.3) is 0 Å². The van der Waals surface area contributed by atoms with Crippen molar-refractivity contribution >= 4 is 17.5 Å². The van der Waals surface area contributed by atoms with Crippen LogP contribution in [0.2, 0.25) is 0 Å². The van der Waals surface area contributed by atoms with Crippen molar-refractivity contribution in [2.75, 3.05) is 12.4 Å². The van der Waals surface area contributed by atoms with Crippen molar-refractivity contribution in [1.29, 1.82) is 0 Å². The Morgan fingerprint density at radius 1 is 1.24 bits per heavy atom. The van der Waals surface area contributed by atoms with Crippen molar-refractivity contribution in [1.82, 2.24) is 5.32 Å². The highest BCUT2D eigenvalue weighted by Crippen LogP contribution is 2.30. The molecule has 0 bridgehead atoms. The van der Waals surface area contributed by atoms with Gasteiger partial charge in [-0.2, -0.15) is 0 Å².